The molecule has 0 bridgehead atoms. The van der Waals surface area contributed by atoms with Crippen molar-refractivity contribution in [1.82, 2.24) is 0 Å². The minimum atomic E-state index is 0.515. The van der Waals surface area contributed by atoms with E-state index in [2.05, 4.69) is 31.2 Å². The molecule has 1 nitrogen and oxygen atoms in total. The lowest BCUT2D eigenvalue weighted by Gasteiger charge is -2.17. The summed E-state index contributed by atoms with van der Waals surface area (Å²) in [5.74, 6) is 2.35. The van der Waals surface area contributed by atoms with Crippen LogP contribution in [0.2, 0.25) is 0 Å². The second-order valence-electron chi connectivity index (χ2n) is 5.47. The standard InChI is InChI=1S/C18H19ClO/c1-13-6-7-14(12-19)10-18(13)20-17-9-8-15-4-2-3-5-16(15)11-17/h6-11H,2-5,12H2,1H3. The molecule has 20 heavy (non-hydrogen) atoms. The smallest absolute Gasteiger partial charge is 0.130 e. The lowest BCUT2D eigenvalue weighted by Crippen LogP contribution is -2.02. The molecule has 0 saturated heterocycles. The van der Waals surface area contributed by atoms with E-state index >= 15 is 0 Å². The third-order valence-electron chi connectivity index (χ3n) is 3.95. The van der Waals surface area contributed by atoms with E-state index in [1.165, 1.54) is 36.8 Å². The predicted molar refractivity (Wildman–Crippen MR) is 83.9 cm³/mol. The van der Waals surface area contributed by atoms with Gasteiger partial charge in [0.15, 0.2) is 0 Å². The van der Waals surface area contributed by atoms with Crippen molar-refractivity contribution in [2.24, 2.45) is 0 Å². The molecular formula is C18H19ClO. The SMILES string of the molecule is Cc1ccc(CCl)cc1Oc1ccc2c(c1)CCCC2. The normalized spacial score (nSPS) is 13.9. The highest BCUT2D eigenvalue weighted by Crippen LogP contribution is 2.30. The monoisotopic (exact) mass is 286 g/mol. The van der Waals surface area contributed by atoms with Crippen LogP contribution in [0.5, 0.6) is 11.5 Å². The van der Waals surface area contributed by atoms with Gasteiger partial charge in [0.25, 0.3) is 0 Å². The molecule has 0 amide bonds. The van der Waals surface area contributed by atoms with Gasteiger partial charge in [0.1, 0.15) is 11.5 Å². The van der Waals surface area contributed by atoms with Crippen LogP contribution in [0.4, 0.5) is 0 Å². The Bertz CT molecular complexity index is 619. The molecule has 0 aliphatic heterocycles. The Labute approximate surface area is 125 Å². The Morgan fingerprint density at radius 3 is 2.60 bits per heavy atom. The molecule has 0 fully saturated rings. The van der Waals surface area contributed by atoms with Gasteiger partial charge in [-0.2, -0.15) is 0 Å². The summed E-state index contributed by atoms with van der Waals surface area (Å²) in [6.45, 7) is 2.06. The number of benzene rings is 2. The van der Waals surface area contributed by atoms with E-state index in [9.17, 15) is 0 Å². The van der Waals surface area contributed by atoms with Crippen LogP contribution < -0.4 is 4.74 Å². The summed E-state index contributed by atoms with van der Waals surface area (Å²) >= 11 is 5.89. The van der Waals surface area contributed by atoms with Gasteiger partial charge in [-0.05, 0) is 73.1 Å². The molecule has 3 rings (SSSR count). The van der Waals surface area contributed by atoms with Gasteiger partial charge in [-0.3, -0.25) is 0 Å². The molecule has 0 saturated carbocycles. The molecule has 2 heteroatoms. The fourth-order valence-electron chi connectivity index (χ4n) is 2.74. The molecule has 0 radical (unpaired) electrons. The van der Waals surface area contributed by atoms with Crippen LogP contribution >= 0.6 is 11.6 Å². The van der Waals surface area contributed by atoms with E-state index in [0.29, 0.717) is 5.88 Å². The summed E-state index contributed by atoms with van der Waals surface area (Å²) in [4.78, 5) is 0. The average Bonchev–Trinajstić information content (AvgIpc) is 2.49. The lowest BCUT2D eigenvalue weighted by atomic mass is 9.92. The zero-order valence-electron chi connectivity index (χ0n) is 11.8. The molecule has 104 valence electrons. The Hall–Kier alpha value is -1.47. The van der Waals surface area contributed by atoms with Crippen LogP contribution in [-0.4, -0.2) is 0 Å². The minimum Gasteiger partial charge on any atom is -0.457 e. The highest BCUT2D eigenvalue weighted by atomic mass is 35.5. The molecule has 0 spiro atoms. The first kappa shape index (κ1) is 13.5. The van der Waals surface area contributed by atoms with Crippen molar-refractivity contribution in [3.8, 4) is 11.5 Å². The van der Waals surface area contributed by atoms with Crippen LogP contribution in [0.1, 0.15) is 35.1 Å². The van der Waals surface area contributed by atoms with Crippen LogP contribution in [0.15, 0.2) is 36.4 Å². The number of hydrogen-bond donors (Lipinski definition) is 0. The topological polar surface area (TPSA) is 9.23 Å². The maximum absolute atomic E-state index is 6.06. The van der Waals surface area contributed by atoms with E-state index < -0.39 is 0 Å². The van der Waals surface area contributed by atoms with Crippen molar-refractivity contribution in [2.45, 2.75) is 38.5 Å². The van der Waals surface area contributed by atoms with E-state index in [1.807, 2.05) is 12.1 Å². The number of hydrogen-bond acceptors (Lipinski definition) is 1. The fraction of sp³-hybridized carbons (Fsp3) is 0.333. The van der Waals surface area contributed by atoms with E-state index in [0.717, 1.165) is 22.6 Å². The minimum absolute atomic E-state index is 0.515. The lowest BCUT2D eigenvalue weighted by molar-refractivity contribution is 0.476. The number of fused-ring (bicyclic) bond motifs is 1. The largest absolute Gasteiger partial charge is 0.457 e. The summed E-state index contributed by atoms with van der Waals surface area (Å²) in [6.07, 6.45) is 4.98. The van der Waals surface area contributed by atoms with Crippen LogP contribution in [0, 0.1) is 6.92 Å². The van der Waals surface area contributed by atoms with Gasteiger partial charge in [-0.25, -0.2) is 0 Å². The summed E-state index contributed by atoms with van der Waals surface area (Å²) in [6, 6.07) is 12.6. The number of aryl methyl sites for hydroxylation is 3. The molecule has 0 atom stereocenters. The van der Waals surface area contributed by atoms with Crippen molar-refractivity contribution in [1.29, 1.82) is 0 Å². The van der Waals surface area contributed by atoms with Crippen LogP contribution in [0.3, 0.4) is 0 Å². The molecule has 2 aromatic rings. The number of halogens is 1. The van der Waals surface area contributed by atoms with Gasteiger partial charge < -0.3 is 4.74 Å². The van der Waals surface area contributed by atoms with Crippen molar-refractivity contribution >= 4 is 11.6 Å². The molecule has 0 N–H and O–H groups in total. The van der Waals surface area contributed by atoms with Crippen molar-refractivity contribution in [2.75, 3.05) is 0 Å². The van der Waals surface area contributed by atoms with Crippen molar-refractivity contribution in [3.63, 3.8) is 0 Å². The van der Waals surface area contributed by atoms with Gasteiger partial charge in [0.2, 0.25) is 0 Å². The Balaban J connectivity index is 1.87. The maximum atomic E-state index is 6.06. The second-order valence-corrected chi connectivity index (χ2v) is 5.74. The average molecular weight is 287 g/mol. The van der Waals surface area contributed by atoms with E-state index in [4.69, 9.17) is 16.3 Å². The summed E-state index contributed by atoms with van der Waals surface area (Å²) in [5.41, 5.74) is 5.15. The summed E-state index contributed by atoms with van der Waals surface area (Å²) < 4.78 is 6.06. The van der Waals surface area contributed by atoms with Gasteiger partial charge in [-0.1, -0.05) is 18.2 Å². The highest BCUT2D eigenvalue weighted by Gasteiger charge is 2.11. The quantitative estimate of drug-likeness (QED) is 0.686. The predicted octanol–water partition coefficient (Wildman–Crippen LogP) is 5.40. The third-order valence-corrected chi connectivity index (χ3v) is 4.26. The van der Waals surface area contributed by atoms with Gasteiger partial charge >= 0.3 is 0 Å². The Kier molecular flexibility index (Phi) is 3.98. The molecule has 0 aromatic heterocycles. The molecular weight excluding hydrogens is 268 g/mol. The number of ether oxygens (including phenoxy) is 1. The molecule has 0 unspecified atom stereocenters. The zero-order chi connectivity index (χ0) is 13.9. The molecule has 2 aromatic carbocycles. The fourth-order valence-corrected chi connectivity index (χ4v) is 2.90. The first-order chi connectivity index (χ1) is 9.76. The molecule has 1 aliphatic carbocycles. The zero-order valence-corrected chi connectivity index (χ0v) is 12.5. The first-order valence-corrected chi connectivity index (χ1v) is 7.75. The Morgan fingerprint density at radius 1 is 1.00 bits per heavy atom. The summed E-state index contributed by atoms with van der Waals surface area (Å²) in [7, 11) is 0. The van der Waals surface area contributed by atoms with Crippen molar-refractivity contribution < 1.29 is 4.74 Å². The Morgan fingerprint density at radius 2 is 1.80 bits per heavy atom. The van der Waals surface area contributed by atoms with Crippen LogP contribution in [0.25, 0.3) is 0 Å². The third kappa shape index (κ3) is 2.83. The van der Waals surface area contributed by atoms with Gasteiger partial charge in [0, 0.05) is 5.88 Å². The number of rotatable bonds is 3. The molecule has 1 aliphatic rings. The highest BCUT2D eigenvalue weighted by molar-refractivity contribution is 6.17. The van der Waals surface area contributed by atoms with Crippen LogP contribution in [-0.2, 0) is 18.7 Å². The van der Waals surface area contributed by atoms with Crippen molar-refractivity contribution in [3.05, 3.63) is 58.7 Å². The number of alkyl halides is 1. The van der Waals surface area contributed by atoms with E-state index in [1.54, 1.807) is 0 Å². The first-order valence-electron chi connectivity index (χ1n) is 7.21. The summed E-state index contributed by atoms with van der Waals surface area (Å²) in [5, 5.41) is 0. The maximum Gasteiger partial charge on any atom is 0.130 e. The van der Waals surface area contributed by atoms with Gasteiger partial charge in [-0.15, -0.1) is 11.6 Å². The molecule has 0 heterocycles. The van der Waals surface area contributed by atoms with E-state index in [-0.39, 0.29) is 0 Å². The van der Waals surface area contributed by atoms with Gasteiger partial charge in [0.05, 0.1) is 0 Å². The second kappa shape index (κ2) is 5.88.